The van der Waals surface area contributed by atoms with Gasteiger partial charge in [-0.15, -0.1) is 5.10 Å². The van der Waals surface area contributed by atoms with Crippen LogP contribution in [-0.4, -0.2) is 16.0 Å². The summed E-state index contributed by atoms with van der Waals surface area (Å²) < 4.78 is 4.72. The molecule has 1 heterocycles. The summed E-state index contributed by atoms with van der Waals surface area (Å²) in [5, 5.41) is 6.30. The van der Waals surface area contributed by atoms with E-state index in [1.54, 1.807) is 12.5 Å². The van der Waals surface area contributed by atoms with Crippen molar-refractivity contribution in [1.29, 1.82) is 0 Å². The summed E-state index contributed by atoms with van der Waals surface area (Å²) in [6, 6.07) is 5.49. The van der Waals surface area contributed by atoms with Gasteiger partial charge in [0.2, 0.25) is 0 Å². The second kappa shape index (κ2) is 2.86. The van der Waals surface area contributed by atoms with Gasteiger partial charge in [0.05, 0.1) is 10.4 Å². The van der Waals surface area contributed by atoms with Gasteiger partial charge in [-0.1, -0.05) is 10.6 Å². The van der Waals surface area contributed by atoms with Crippen LogP contribution in [0.4, 0.5) is 5.69 Å². The first kappa shape index (κ1) is 7.17. The maximum Gasteiger partial charge on any atom is 0.314 e. The summed E-state index contributed by atoms with van der Waals surface area (Å²) in [5.74, 6) is 0. The number of nitrogens with zero attached hydrogens (tertiary/aromatic N) is 2. The molecule has 0 unspecified atom stereocenters. The van der Waals surface area contributed by atoms with Crippen molar-refractivity contribution in [3.63, 3.8) is 0 Å². The monoisotopic (exact) mass is 178 g/mol. The minimum atomic E-state index is 0.649. The van der Waals surface area contributed by atoms with Crippen LogP contribution in [0.15, 0.2) is 18.2 Å². The maximum atomic E-state index is 10.1. The zero-order valence-corrected chi connectivity index (χ0v) is 6.76. The molecule has 0 aliphatic rings. The van der Waals surface area contributed by atoms with Gasteiger partial charge < -0.3 is 5.32 Å². The summed E-state index contributed by atoms with van der Waals surface area (Å²) in [4.78, 5) is 10.1. The number of nitrogens with one attached hydrogen (secondary N) is 1. The van der Waals surface area contributed by atoms with E-state index in [0.717, 1.165) is 4.70 Å². The summed E-state index contributed by atoms with van der Waals surface area (Å²) in [6.45, 7) is 0. The molecule has 0 fully saturated rings. The molecule has 1 N–H and O–H groups in total. The highest BCUT2D eigenvalue weighted by molar-refractivity contribution is 7.13. The molecule has 1 radical (unpaired) electrons. The minimum Gasteiger partial charge on any atom is -0.316 e. The summed E-state index contributed by atoms with van der Waals surface area (Å²) in [7, 11) is 0. The fraction of sp³-hybridized carbons (Fsp3) is 0. The molecule has 59 valence electrons. The van der Waals surface area contributed by atoms with E-state index < -0.39 is 0 Å². The first-order chi connectivity index (χ1) is 5.92. The number of aromatic nitrogens is 2. The predicted octanol–water partition coefficient (Wildman–Crippen LogP) is 1.17. The lowest BCUT2D eigenvalue weighted by atomic mass is 10.3. The lowest BCUT2D eigenvalue weighted by molar-refractivity contribution is 0.561. The van der Waals surface area contributed by atoms with Gasteiger partial charge in [-0.25, -0.2) is 0 Å². The highest BCUT2D eigenvalue weighted by Gasteiger charge is 2.02. The van der Waals surface area contributed by atoms with Crippen molar-refractivity contribution in [2.75, 3.05) is 5.32 Å². The van der Waals surface area contributed by atoms with Crippen molar-refractivity contribution < 1.29 is 4.79 Å². The van der Waals surface area contributed by atoms with E-state index in [0.29, 0.717) is 11.2 Å². The van der Waals surface area contributed by atoms with Gasteiger partial charge in [0.15, 0.2) is 0 Å². The predicted molar refractivity (Wildman–Crippen MR) is 46.7 cm³/mol. The molecule has 0 saturated carbocycles. The van der Waals surface area contributed by atoms with Gasteiger partial charge >= 0.3 is 6.41 Å². The minimum absolute atomic E-state index is 0.649. The molecule has 5 heteroatoms. The van der Waals surface area contributed by atoms with Crippen molar-refractivity contribution >= 4 is 33.8 Å². The Kier molecular flexibility index (Phi) is 1.71. The number of benzene rings is 1. The fourth-order valence-electron chi connectivity index (χ4n) is 0.960. The Morgan fingerprint density at radius 3 is 3.25 bits per heavy atom. The number of carbonyl (C=O) groups excluding carboxylic acids is 1. The van der Waals surface area contributed by atoms with Crippen molar-refractivity contribution in [2.24, 2.45) is 0 Å². The quantitative estimate of drug-likeness (QED) is 0.702. The van der Waals surface area contributed by atoms with Gasteiger partial charge in [-0.2, -0.15) is 0 Å². The van der Waals surface area contributed by atoms with Gasteiger partial charge in [0, 0.05) is 0 Å². The highest BCUT2D eigenvalue weighted by atomic mass is 32.1. The van der Waals surface area contributed by atoms with Crippen LogP contribution in [0.3, 0.4) is 0 Å². The van der Waals surface area contributed by atoms with E-state index in [9.17, 15) is 4.79 Å². The number of fused-ring (bicyclic) bond motifs is 1. The number of anilines is 1. The van der Waals surface area contributed by atoms with Crippen LogP contribution in [0.1, 0.15) is 0 Å². The van der Waals surface area contributed by atoms with Gasteiger partial charge in [-0.05, 0) is 23.7 Å². The molecule has 0 aliphatic heterocycles. The zero-order chi connectivity index (χ0) is 8.39. The smallest absolute Gasteiger partial charge is 0.314 e. The molecule has 4 nitrogen and oxygen atoms in total. The average Bonchev–Trinajstić information content (AvgIpc) is 2.53. The first-order valence-electron chi connectivity index (χ1n) is 3.26. The lowest BCUT2D eigenvalue weighted by Gasteiger charge is -1.95. The highest BCUT2D eigenvalue weighted by Crippen LogP contribution is 2.22. The SMILES string of the molecule is O=[C]Nc1cccc2snnc12. The molecule has 12 heavy (non-hydrogen) atoms. The molecular weight excluding hydrogens is 174 g/mol. The van der Waals surface area contributed by atoms with Crippen LogP contribution >= 0.6 is 11.5 Å². The van der Waals surface area contributed by atoms with Crippen LogP contribution in [0, 0.1) is 0 Å². The average molecular weight is 178 g/mol. The molecule has 2 rings (SSSR count). The van der Waals surface area contributed by atoms with E-state index in [2.05, 4.69) is 14.9 Å². The summed E-state index contributed by atoms with van der Waals surface area (Å²) in [6.07, 6.45) is 1.60. The molecule has 0 saturated heterocycles. The second-order valence-corrected chi connectivity index (χ2v) is 2.94. The normalized spacial score (nSPS) is 10.0. The Labute approximate surface area is 72.4 Å². The van der Waals surface area contributed by atoms with Crippen molar-refractivity contribution in [1.82, 2.24) is 9.59 Å². The largest absolute Gasteiger partial charge is 0.316 e. The van der Waals surface area contributed by atoms with Crippen molar-refractivity contribution in [3.05, 3.63) is 18.2 Å². The van der Waals surface area contributed by atoms with Crippen molar-refractivity contribution in [2.45, 2.75) is 0 Å². The summed E-state index contributed by atoms with van der Waals surface area (Å²) in [5.41, 5.74) is 1.36. The van der Waals surface area contributed by atoms with Crippen LogP contribution in [-0.2, 0) is 4.79 Å². The second-order valence-electron chi connectivity index (χ2n) is 2.15. The molecule has 0 spiro atoms. The van der Waals surface area contributed by atoms with Crippen LogP contribution < -0.4 is 5.32 Å². The standard InChI is InChI=1S/C7H4N3OS/c11-4-8-5-2-1-3-6-7(5)9-10-12-6/h1-3H,(H,8,11). The number of amides is 1. The van der Waals surface area contributed by atoms with E-state index >= 15 is 0 Å². The number of hydrogen-bond donors (Lipinski definition) is 1. The van der Waals surface area contributed by atoms with E-state index in [1.165, 1.54) is 11.5 Å². The van der Waals surface area contributed by atoms with Gasteiger partial charge in [-0.3, -0.25) is 4.79 Å². The van der Waals surface area contributed by atoms with Crippen LogP contribution in [0.5, 0.6) is 0 Å². The third-order valence-corrected chi connectivity index (χ3v) is 2.15. The zero-order valence-electron chi connectivity index (χ0n) is 5.94. The molecule has 0 bridgehead atoms. The van der Waals surface area contributed by atoms with Gasteiger partial charge in [0.25, 0.3) is 0 Å². The Morgan fingerprint density at radius 1 is 1.50 bits per heavy atom. The maximum absolute atomic E-state index is 10.1. The van der Waals surface area contributed by atoms with E-state index in [4.69, 9.17) is 0 Å². The van der Waals surface area contributed by atoms with Gasteiger partial charge in [0.1, 0.15) is 5.52 Å². The molecule has 0 aliphatic carbocycles. The Hall–Kier alpha value is -1.49. The third-order valence-electron chi connectivity index (χ3n) is 1.46. The first-order valence-corrected chi connectivity index (χ1v) is 4.03. The molecule has 1 amide bonds. The number of rotatable bonds is 2. The third kappa shape index (κ3) is 1.04. The summed E-state index contributed by atoms with van der Waals surface area (Å²) >= 11 is 1.30. The molecule has 0 atom stereocenters. The van der Waals surface area contributed by atoms with E-state index in [-0.39, 0.29) is 0 Å². The Morgan fingerprint density at radius 2 is 2.42 bits per heavy atom. The van der Waals surface area contributed by atoms with Crippen LogP contribution in [0.25, 0.3) is 10.2 Å². The van der Waals surface area contributed by atoms with Crippen LogP contribution in [0.2, 0.25) is 0 Å². The molecule has 2 aromatic rings. The Bertz CT molecular complexity index is 412. The molecule has 1 aromatic carbocycles. The van der Waals surface area contributed by atoms with E-state index in [1.807, 2.05) is 12.1 Å². The lowest BCUT2D eigenvalue weighted by Crippen LogP contribution is -1.93. The number of hydrogen-bond acceptors (Lipinski definition) is 4. The topological polar surface area (TPSA) is 54.9 Å². The fourth-order valence-corrected chi connectivity index (χ4v) is 1.55. The Balaban J connectivity index is 2.65. The molecular formula is C7H4N3OS. The molecule has 1 aromatic heterocycles. The van der Waals surface area contributed by atoms with Crippen molar-refractivity contribution in [3.8, 4) is 0 Å².